The normalized spacial score (nSPS) is 15.5. The number of hydrogen-bond acceptors (Lipinski definition) is 3. The molecule has 0 unspecified atom stereocenters. The molecular weight excluding hydrogens is 296 g/mol. The number of carbonyl (C=O) groups is 2. The summed E-state index contributed by atoms with van der Waals surface area (Å²) < 4.78 is 0. The van der Waals surface area contributed by atoms with Crippen LogP contribution in [0.2, 0.25) is 0 Å². The van der Waals surface area contributed by atoms with Crippen molar-refractivity contribution in [2.45, 2.75) is 52.0 Å². The predicted molar refractivity (Wildman–Crippen MR) is 89.7 cm³/mol. The summed E-state index contributed by atoms with van der Waals surface area (Å²) in [5.41, 5.74) is 0. The molecule has 0 aliphatic heterocycles. The van der Waals surface area contributed by atoms with E-state index in [1.54, 1.807) is 16.2 Å². The fourth-order valence-electron chi connectivity index (χ4n) is 2.88. The number of aryl methyl sites for hydroxylation is 1. The standard InChI is InChI=1S/C17H26N2O2S/c1-13-8-9-15(22-13)12-19(2)16(20)10-11-18-17(21)14-6-4-3-5-7-14/h8-9,14H,3-7,10-12H2,1-2H3,(H,18,21). The predicted octanol–water partition coefficient (Wildman–Crippen LogP) is 3.10. The molecule has 0 radical (unpaired) electrons. The van der Waals surface area contributed by atoms with Crippen molar-refractivity contribution in [2.24, 2.45) is 5.92 Å². The zero-order chi connectivity index (χ0) is 15.9. The highest BCUT2D eigenvalue weighted by Gasteiger charge is 2.20. The first kappa shape index (κ1) is 17.0. The molecule has 0 atom stereocenters. The van der Waals surface area contributed by atoms with Gasteiger partial charge in [-0.3, -0.25) is 9.59 Å². The second-order valence-corrected chi connectivity index (χ2v) is 7.51. The van der Waals surface area contributed by atoms with Crippen molar-refractivity contribution in [3.8, 4) is 0 Å². The maximum atomic E-state index is 12.1. The molecule has 22 heavy (non-hydrogen) atoms. The monoisotopic (exact) mass is 322 g/mol. The zero-order valence-corrected chi connectivity index (χ0v) is 14.4. The number of thiophene rings is 1. The Hall–Kier alpha value is -1.36. The van der Waals surface area contributed by atoms with Gasteiger partial charge < -0.3 is 10.2 Å². The van der Waals surface area contributed by atoms with Crippen molar-refractivity contribution >= 4 is 23.2 Å². The van der Waals surface area contributed by atoms with Gasteiger partial charge in [0, 0.05) is 35.7 Å². The van der Waals surface area contributed by atoms with Crippen molar-refractivity contribution in [1.29, 1.82) is 0 Å². The summed E-state index contributed by atoms with van der Waals surface area (Å²) in [5.74, 6) is 0.370. The van der Waals surface area contributed by atoms with Gasteiger partial charge in [0.1, 0.15) is 0 Å². The molecule has 2 rings (SSSR count). The van der Waals surface area contributed by atoms with Gasteiger partial charge in [-0.1, -0.05) is 19.3 Å². The van der Waals surface area contributed by atoms with E-state index in [-0.39, 0.29) is 17.7 Å². The summed E-state index contributed by atoms with van der Waals surface area (Å²) in [6.07, 6.45) is 5.92. The lowest BCUT2D eigenvalue weighted by molar-refractivity contribution is -0.130. The van der Waals surface area contributed by atoms with Crippen molar-refractivity contribution in [3.63, 3.8) is 0 Å². The summed E-state index contributed by atoms with van der Waals surface area (Å²) in [5, 5.41) is 2.92. The van der Waals surface area contributed by atoms with Crippen LogP contribution in [0.3, 0.4) is 0 Å². The van der Waals surface area contributed by atoms with Crippen molar-refractivity contribution < 1.29 is 9.59 Å². The lowest BCUT2D eigenvalue weighted by Crippen LogP contribution is -2.35. The third-order valence-electron chi connectivity index (χ3n) is 4.23. The van der Waals surface area contributed by atoms with E-state index >= 15 is 0 Å². The third-order valence-corrected chi connectivity index (χ3v) is 5.21. The summed E-state index contributed by atoms with van der Waals surface area (Å²) >= 11 is 1.72. The highest BCUT2D eigenvalue weighted by atomic mass is 32.1. The smallest absolute Gasteiger partial charge is 0.224 e. The Morgan fingerprint density at radius 1 is 1.27 bits per heavy atom. The summed E-state index contributed by atoms with van der Waals surface area (Å²) in [7, 11) is 1.82. The maximum absolute atomic E-state index is 12.1. The Bertz CT molecular complexity index is 507. The van der Waals surface area contributed by atoms with E-state index in [4.69, 9.17) is 0 Å². The zero-order valence-electron chi connectivity index (χ0n) is 13.6. The molecule has 0 spiro atoms. The minimum atomic E-state index is 0.0787. The first-order valence-electron chi connectivity index (χ1n) is 8.13. The fraction of sp³-hybridized carbons (Fsp3) is 0.647. The molecule has 4 nitrogen and oxygen atoms in total. The molecule has 1 aromatic heterocycles. The molecule has 1 aromatic rings. The van der Waals surface area contributed by atoms with Crippen molar-refractivity contribution in [2.75, 3.05) is 13.6 Å². The fourth-order valence-corrected chi connectivity index (χ4v) is 3.83. The van der Waals surface area contributed by atoms with E-state index < -0.39 is 0 Å². The van der Waals surface area contributed by atoms with Crippen LogP contribution in [-0.2, 0) is 16.1 Å². The van der Waals surface area contributed by atoms with Crippen LogP contribution in [0.4, 0.5) is 0 Å². The van der Waals surface area contributed by atoms with Crippen LogP contribution in [0.5, 0.6) is 0 Å². The largest absolute Gasteiger partial charge is 0.355 e. The second-order valence-electron chi connectivity index (χ2n) is 6.14. The van der Waals surface area contributed by atoms with E-state index in [1.165, 1.54) is 16.2 Å². The minimum absolute atomic E-state index is 0.0787. The molecule has 0 aromatic carbocycles. The average molecular weight is 322 g/mol. The molecule has 122 valence electrons. The molecule has 5 heteroatoms. The van der Waals surface area contributed by atoms with Crippen LogP contribution in [0.15, 0.2) is 12.1 Å². The number of nitrogens with one attached hydrogen (secondary N) is 1. The molecule has 0 saturated heterocycles. The SMILES string of the molecule is Cc1ccc(CN(C)C(=O)CCNC(=O)C2CCCCC2)s1. The topological polar surface area (TPSA) is 49.4 Å². The molecule has 1 fully saturated rings. The van der Waals surface area contributed by atoms with Crippen LogP contribution < -0.4 is 5.32 Å². The highest BCUT2D eigenvalue weighted by Crippen LogP contribution is 2.23. The molecule has 1 N–H and O–H groups in total. The summed E-state index contributed by atoms with van der Waals surface area (Å²) in [6, 6.07) is 4.14. The van der Waals surface area contributed by atoms with E-state index in [2.05, 4.69) is 24.4 Å². The second kappa shape index (κ2) is 8.32. The van der Waals surface area contributed by atoms with Crippen LogP contribution in [0.1, 0.15) is 48.3 Å². The minimum Gasteiger partial charge on any atom is -0.355 e. The van der Waals surface area contributed by atoms with Crippen LogP contribution in [0.25, 0.3) is 0 Å². The molecule has 1 saturated carbocycles. The number of rotatable bonds is 6. The van der Waals surface area contributed by atoms with Gasteiger partial charge in [-0.15, -0.1) is 11.3 Å². The van der Waals surface area contributed by atoms with E-state index in [9.17, 15) is 9.59 Å². The first-order valence-corrected chi connectivity index (χ1v) is 8.95. The van der Waals surface area contributed by atoms with Gasteiger partial charge in [-0.25, -0.2) is 0 Å². The highest BCUT2D eigenvalue weighted by molar-refractivity contribution is 7.11. The van der Waals surface area contributed by atoms with Gasteiger partial charge in [0.2, 0.25) is 11.8 Å². The number of carbonyl (C=O) groups excluding carboxylic acids is 2. The number of nitrogens with zero attached hydrogens (tertiary/aromatic N) is 1. The van der Waals surface area contributed by atoms with Gasteiger partial charge in [0.15, 0.2) is 0 Å². The first-order chi connectivity index (χ1) is 10.6. The van der Waals surface area contributed by atoms with E-state index in [0.717, 1.165) is 25.7 Å². The van der Waals surface area contributed by atoms with E-state index in [0.29, 0.717) is 19.5 Å². The molecule has 1 heterocycles. The Kier molecular flexibility index (Phi) is 6.43. The summed E-state index contributed by atoms with van der Waals surface area (Å²) in [6.45, 7) is 3.16. The lowest BCUT2D eigenvalue weighted by atomic mass is 9.89. The van der Waals surface area contributed by atoms with Crippen LogP contribution >= 0.6 is 11.3 Å². The van der Waals surface area contributed by atoms with Crippen LogP contribution in [0, 0.1) is 12.8 Å². The van der Waals surface area contributed by atoms with Crippen molar-refractivity contribution in [3.05, 3.63) is 21.9 Å². The Morgan fingerprint density at radius 2 is 2.00 bits per heavy atom. The van der Waals surface area contributed by atoms with Gasteiger partial charge >= 0.3 is 0 Å². The average Bonchev–Trinajstić information content (AvgIpc) is 2.93. The maximum Gasteiger partial charge on any atom is 0.224 e. The van der Waals surface area contributed by atoms with Crippen molar-refractivity contribution in [1.82, 2.24) is 10.2 Å². The third kappa shape index (κ3) is 5.13. The lowest BCUT2D eigenvalue weighted by Gasteiger charge is -2.21. The number of amides is 2. The van der Waals surface area contributed by atoms with Gasteiger partial charge in [0.25, 0.3) is 0 Å². The quantitative estimate of drug-likeness (QED) is 0.875. The van der Waals surface area contributed by atoms with Crippen LogP contribution in [-0.4, -0.2) is 30.3 Å². The van der Waals surface area contributed by atoms with Gasteiger partial charge in [-0.2, -0.15) is 0 Å². The molecule has 2 amide bonds. The Morgan fingerprint density at radius 3 is 2.64 bits per heavy atom. The molecular formula is C17H26N2O2S. The molecule has 1 aliphatic carbocycles. The summed E-state index contributed by atoms with van der Waals surface area (Å²) in [4.78, 5) is 28.3. The van der Waals surface area contributed by atoms with Gasteiger partial charge in [0.05, 0.1) is 6.54 Å². The van der Waals surface area contributed by atoms with Gasteiger partial charge in [-0.05, 0) is 31.9 Å². The Labute approximate surface area is 136 Å². The van der Waals surface area contributed by atoms with E-state index in [1.807, 2.05) is 7.05 Å². The molecule has 1 aliphatic rings. The Balaban J connectivity index is 1.67. The molecule has 0 bridgehead atoms. The number of hydrogen-bond donors (Lipinski definition) is 1.